The van der Waals surface area contributed by atoms with Crippen molar-refractivity contribution < 1.29 is 47.6 Å². The number of carbonyl (C=O) groups is 4. The van der Waals surface area contributed by atoms with E-state index in [2.05, 4.69) is 40.1 Å². The van der Waals surface area contributed by atoms with Gasteiger partial charge in [-0.25, -0.2) is 9.59 Å². The predicted molar refractivity (Wildman–Crippen MR) is 194 cm³/mol. The number of ether oxygens (including phenoxy) is 6. The van der Waals surface area contributed by atoms with Crippen molar-refractivity contribution in [3.8, 4) is 0 Å². The van der Waals surface area contributed by atoms with Gasteiger partial charge >= 0.3 is 23.9 Å². The van der Waals surface area contributed by atoms with Crippen molar-refractivity contribution in [1.29, 1.82) is 0 Å². The van der Waals surface area contributed by atoms with Gasteiger partial charge in [0.05, 0.1) is 71.4 Å². The predicted octanol–water partition coefficient (Wildman–Crippen LogP) is 5.05. The zero-order chi connectivity index (χ0) is 35.9. The number of alkyl halides is 1. The molecule has 268 valence electrons. The number of methoxy groups -OCH3 is 4. The smallest absolute Gasteiger partial charge is 0.334 e. The Hall–Kier alpha value is -3.24. The molecule has 2 heterocycles. The summed E-state index contributed by atoms with van der Waals surface area (Å²) in [6.45, 7) is 1.82. The number of benzene rings is 2. The van der Waals surface area contributed by atoms with Crippen LogP contribution in [0.4, 0.5) is 0 Å². The molecule has 49 heavy (non-hydrogen) atoms. The van der Waals surface area contributed by atoms with Crippen LogP contribution in [0.1, 0.15) is 30.4 Å². The van der Waals surface area contributed by atoms with Gasteiger partial charge in [0.2, 0.25) is 0 Å². The average molecular weight is 784 g/mol. The summed E-state index contributed by atoms with van der Waals surface area (Å²) in [4.78, 5) is 53.7. The number of rotatable bonds is 15. The van der Waals surface area contributed by atoms with E-state index in [0.29, 0.717) is 49.7 Å². The van der Waals surface area contributed by atoms with E-state index >= 15 is 0 Å². The van der Waals surface area contributed by atoms with Crippen molar-refractivity contribution in [1.82, 2.24) is 0 Å². The lowest BCUT2D eigenvalue weighted by molar-refractivity contribution is -0.147. The first-order valence-corrected chi connectivity index (χ1v) is 18.3. The Kier molecular flexibility index (Phi) is 20.5. The maximum atomic E-state index is 12.1. The van der Waals surface area contributed by atoms with E-state index in [9.17, 15) is 19.2 Å². The summed E-state index contributed by atoms with van der Waals surface area (Å²) in [5.74, 6) is -0.154. The van der Waals surface area contributed by atoms with Gasteiger partial charge < -0.3 is 28.4 Å². The van der Waals surface area contributed by atoms with Gasteiger partial charge in [-0.3, -0.25) is 19.6 Å². The molecule has 2 atom stereocenters. The topological polar surface area (TPSA) is 148 Å². The highest BCUT2D eigenvalue weighted by Gasteiger charge is 2.44. The van der Waals surface area contributed by atoms with E-state index < -0.39 is 11.5 Å². The number of halogens is 1. The second kappa shape index (κ2) is 24.0. The summed E-state index contributed by atoms with van der Waals surface area (Å²) in [5.41, 5.74) is 1.18. The minimum absolute atomic E-state index is 0.119. The third-order valence-electron chi connectivity index (χ3n) is 6.73. The van der Waals surface area contributed by atoms with Crippen LogP contribution in [0.15, 0.2) is 70.6 Å². The molecule has 0 fully saturated rings. The molecule has 0 amide bonds. The Morgan fingerprint density at radius 2 is 1.29 bits per heavy atom. The number of nitrogens with zero attached hydrogens (tertiary/aromatic N) is 2. The third kappa shape index (κ3) is 15.9. The highest BCUT2D eigenvalue weighted by atomic mass is 79.9. The standard InChI is InChI=1S/C17H21NO5S.C13H15NO3S.C4H7BrO2/c1-21-15(19)8-9-17(16(20)22-2)12-24-14(18-17)11-23-10-13-6-4-3-5-7-13;1-16-13(15)11-9-18-12(14-11)8-17-7-10-5-3-2-4-6-10;1-7-4(6)2-3-5/h3-7H,8-12H2,1-2H3;2-6,11H,7-9H2,1H3;2-3H2,1H3. The molecule has 0 spiro atoms. The highest BCUT2D eigenvalue weighted by Crippen LogP contribution is 2.33. The van der Waals surface area contributed by atoms with Gasteiger partial charge in [0.1, 0.15) is 0 Å². The fourth-order valence-corrected chi connectivity index (χ4v) is 6.51. The van der Waals surface area contributed by atoms with Crippen LogP contribution in [-0.2, 0) is 60.8 Å². The summed E-state index contributed by atoms with van der Waals surface area (Å²) in [5, 5.41) is 2.28. The van der Waals surface area contributed by atoms with Crippen molar-refractivity contribution in [2.24, 2.45) is 9.98 Å². The van der Waals surface area contributed by atoms with Crippen LogP contribution in [0.3, 0.4) is 0 Å². The molecule has 2 aromatic rings. The first-order chi connectivity index (χ1) is 23.7. The monoisotopic (exact) mass is 782 g/mol. The van der Waals surface area contributed by atoms with Crippen molar-refractivity contribution in [2.75, 3.05) is 58.5 Å². The Balaban J connectivity index is 0.000000293. The van der Waals surface area contributed by atoms with Crippen molar-refractivity contribution in [3.63, 3.8) is 0 Å². The largest absolute Gasteiger partial charge is 0.469 e. The second-order valence-corrected chi connectivity index (χ2v) is 13.2. The summed E-state index contributed by atoms with van der Waals surface area (Å²) < 4.78 is 29.7. The van der Waals surface area contributed by atoms with E-state index in [4.69, 9.17) is 14.2 Å². The van der Waals surface area contributed by atoms with Crippen molar-refractivity contribution in [2.45, 2.75) is 44.1 Å². The molecule has 0 saturated heterocycles. The number of hydrogen-bond acceptors (Lipinski definition) is 14. The van der Waals surface area contributed by atoms with Gasteiger partial charge in [0.15, 0.2) is 11.6 Å². The molecule has 2 aliphatic rings. The van der Waals surface area contributed by atoms with Crippen LogP contribution in [0.2, 0.25) is 0 Å². The van der Waals surface area contributed by atoms with Crippen LogP contribution < -0.4 is 0 Å². The van der Waals surface area contributed by atoms with Gasteiger partial charge in [0, 0.05) is 23.3 Å². The summed E-state index contributed by atoms with van der Waals surface area (Å²) in [6, 6.07) is 19.4. The van der Waals surface area contributed by atoms with Crippen LogP contribution in [0, 0.1) is 0 Å². The number of hydrogen-bond donors (Lipinski definition) is 0. The molecule has 0 saturated carbocycles. The maximum absolute atomic E-state index is 12.1. The molecular weight excluding hydrogens is 740 g/mol. The first-order valence-electron chi connectivity index (χ1n) is 15.2. The van der Waals surface area contributed by atoms with Crippen molar-refractivity contribution >= 4 is 73.4 Å². The highest BCUT2D eigenvalue weighted by molar-refractivity contribution is 9.09. The van der Waals surface area contributed by atoms with Gasteiger partial charge in [-0.2, -0.15) is 0 Å². The summed E-state index contributed by atoms with van der Waals surface area (Å²) in [6.07, 6.45) is 0.839. The summed E-state index contributed by atoms with van der Waals surface area (Å²) in [7, 11) is 5.41. The van der Waals surface area contributed by atoms with Crippen LogP contribution in [0.25, 0.3) is 0 Å². The average Bonchev–Trinajstić information content (AvgIpc) is 3.79. The molecule has 0 aliphatic carbocycles. The lowest BCUT2D eigenvalue weighted by Gasteiger charge is -2.21. The molecule has 2 aromatic carbocycles. The summed E-state index contributed by atoms with van der Waals surface area (Å²) >= 11 is 6.10. The van der Waals surface area contributed by atoms with E-state index in [1.165, 1.54) is 40.2 Å². The zero-order valence-electron chi connectivity index (χ0n) is 28.1. The molecule has 0 radical (unpaired) electrons. The van der Waals surface area contributed by atoms with Gasteiger partial charge in [-0.05, 0) is 17.5 Å². The zero-order valence-corrected chi connectivity index (χ0v) is 31.3. The molecule has 15 heteroatoms. The minimum Gasteiger partial charge on any atom is -0.469 e. The van der Waals surface area contributed by atoms with Crippen LogP contribution in [-0.4, -0.2) is 104 Å². The molecule has 2 aliphatic heterocycles. The Morgan fingerprint density at radius 1 is 0.735 bits per heavy atom. The molecule has 2 unspecified atom stereocenters. The number of esters is 4. The minimum atomic E-state index is -1.03. The van der Waals surface area contributed by atoms with E-state index in [0.717, 1.165) is 21.2 Å². The maximum Gasteiger partial charge on any atom is 0.334 e. The Bertz CT molecular complexity index is 1380. The first kappa shape index (κ1) is 41.9. The second-order valence-electron chi connectivity index (χ2n) is 10.2. The number of aliphatic imine (C=N–C) groups is 2. The van der Waals surface area contributed by atoms with Gasteiger partial charge in [0.25, 0.3) is 0 Å². The van der Waals surface area contributed by atoms with Gasteiger partial charge in [-0.15, -0.1) is 23.5 Å². The van der Waals surface area contributed by atoms with Gasteiger partial charge in [-0.1, -0.05) is 76.6 Å². The third-order valence-corrected chi connectivity index (χ3v) is 9.33. The Morgan fingerprint density at radius 3 is 1.78 bits per heavy atom. The van der Waals surface area contributed by atoms with E-state index in [1.807, 2.05) is 60.7 Å². The molecule has 0 N–H and O–H groups in total. The fraction of sp³-hybridized carbons (Fsp3) is 0.471. The normalized spacial score (nSPS) is 17.6. The molecule has 12 nitrogen and oxygen atoms in total. The molecular formula is C34H43BrN2O10S2. The lowest BCUT2D eigenvalue weighted by Crippen LogP contribution is -2.39. The number of thioether (sulfide) groups is 2. The number of carbonyl (C=O) groups excluding carboxylic acids is 4. The lowest BCUT2D eigenvalue weighted by atomic mass is 9.96. The molecule has 0 aromatic heterocycles. The van der Waals surface area contributed by atoms with E-state index in [1.54, 1.807) is 11.8 Å². The SMILES string of the molecule is COC(=O)C1CSC(COCc2ccccc2)=N1.COC(=O)CCBr.COC(=O)CCC1(C(=O)OC)CSC(COCc2ccccc2)=N1. The molecule has 0 bridgehead atoms. The fourth-order valence-electron chi connectivity index (χ4n) is 4.11. The van der Waals surface area contributed by atoms with E-state index in [-0.39, 0.29) is 36.8 Å². The molecule has 4 rings (SSSR count). The quantitative estimate of drug-likeness (QED) is 0.135. The van der Waals surface area contributed by atoms with Crippen molar-refractivity contribution in [3.05, 3.63) is 71.8 Å². The Labute approximate surface area is 304 Å². The van der Waals surface area contributed by atoms with Crippen LogP contribution >= 0.6 is 39.5 Å². The van der Waals surface area contributed by atoms with Crippen LogP contribution in [0.5, 0.6) is 0 Å².